The first kappa shape index (κ1) is 14.5. The zero-order valence-electron chi connectivity index (χ0n) is 14.0. The van der Waals surface area contributed by atoms with Gasteiger partial charge < -0.3 is 5.32 Å². The van der Waals surface area contributed by atoms with Crippen LogP contribution in [0.4, 0.5) is 0 Å². The van der Waals surface area contributed by atoms with Crippen molar-refractivity contribution in [3.63, 3.8) is 0 Å². The summed E-state index contributed by atoms with van der Waals surface area (Å²) in [4.78, 5) is 4.77. The quantitative estimate of drug-likeness (QED) is 0.793. The van der Waals surface area contributed by atoms with E-state index in [-0.39, 0.29) is 6.04 Å². The highest BCUT2D eigenvalue weighted by molar-refractivity contribution is 5.86. The van der Waals surface area contributed by atoms with E-state index in [2.05, 4.69) is 55.6 Å². The summed E-state index contributed by atoms with van der Waals surface area (Å²) < 4.78 is 0. The van der Waals surface area contributed by atoms with Gasteiger partial charge in [0, 0.05) is 13.0 Å². The van der Waals surface area contributed by atoms with E-state index in [1.807, 2.05) is 0 Å². The van der Waals surface area contributed by atoms with Gasteiger partial charge in [0.25, 0.3) is 0 Å². The molecule has 0 aromatic heterocycles. The van der Waals surface area contributed by atoms with Crippen molar-refractivity contribution in [2.75, 3.05) is 6.54 Å². The van der Waals surface area contributed by atoms with Gasteiger partial charge in [-0.3, -0.25) is 4.99 Å². The van der Waals surface area contributed by atoms with Crippen LogP contribution in [0.5, 0.6) is 0 Å². The lowest BCUT2D eigenvalue weighted by Crippen LogP contribution is -2.28. The molecule has 0 atom stereocenters. The molecule has 2 nitrogen and oxygen atoms in total. The van der Waals surface area contributed by atoms with Gasteiger partial charge in [-0.2, -0.15) is 0 Å². The fourth-order valence-corrected chi connectivity index (χ4v) is 3.79. The molecule has 118 valence electrons. The Labute approximate surface area is 138 Å². The molecule has 2 heteroatoms. The first-order valence-corrected chi connectivity index (χ1v) is 8.74. The van der Waals surface area contributed by atoms with E-state index in [9.17, 15) is 0 Å². The molecule has 1 aliphatic carbocycles. The first-order valence-electron chi connectivity index (χ1n) is 8.74. The number of hydrogen-bond acceptors (Lipinski definition) is 2. The van der Waals surface area contributed by atoms with Crippen molar-refractivity contribution in [1.29, 1.82) is 0 Å². The molecule has 0 fully saturated rings. The number of hydrogen-bond donors (Lipinski definition) is 1. The SMILES string of the molecule is Cc1ccc2c(c1)-c1cc(C)ccc1C2NC1=NCCCCC1. The van der Waals surface area contributed by atoms with Gasteiger partial charge in [-0.25, -0.2) is 0 Å². The van der Waals surface area contributed by atoms with Gasteiger partial charge in [0.15, 0.2) is 0 Å². The van der Waals surface area contributed by atoms with Crippen LogP contribution in [0.15, 0.2) is 41.4 Å². The molecular weight excluding hydrogens is 280 g/mol. The van der Waals surface area contributed by atoms with Gasteiger partial charge in [-0.05, 0) is 48.9 Å². The second-order valence-corrected chi connectivity index (χ2v) is 6.90. The van der Waals surface area contributed by atoms with E-state index < -0.39 is 0 Å². The van der Waals surface area contributed by atoms with Crippen molar-refractivity contribution in [2.24, 2.45) is 4.99 Å². The topological polar surface area (TPSA) is 24.4 Å². The molecule has 0 saturated heterocycles. The van der Waals surface area contributed by atoms with E-state index in [0.29, 0.717) is 0 Å². The summed E-state index contributed by atoms with van der Waals surface area (Å²) in [7, 11) is 0. The molecule has 0 bridgehead atoms. The Morgan fingerprint density at radius 1 is 0.870 bits per heavy atom. The van der Waals surface area contributed by atoms with Crippen molar-refractivity contribution in [3.8, 4) is 11.1 Å². The molecule has 1 N–H and O–H groups in total. The van der Waals surface area contributed by atoms with Crippen LogP contribution in [0, 0.1) is 13.8 Å². The largest absolute Gasteiger partial charge is 0.363 e. The van der Waals surface area contributed by atoms with Crippen molar-refractivity contribution >= 4 is 5.84 Å². The maximum Gasteiger partial charge on any atom is 0.0970 e. The standard InChI is InChI=1S/C21H24N2/c1-14-7-9-16-18(12-14)19-13-15(2)8-10-17(19)21(16)23-20-6-4-3-5-11-22-20/h7-10,12-13,21H,3-6,11H2,1-2H3,(H,22,23). The molecule has 4 rings (SSSR count). The molecule has 2 aromatic carbocycles. The average molecular weight is 304 g/mol. The summed E-state index contributed by atoms with van der Waals surface area (Å²) in [5.41, 5.74) is 8.20. The number of amidine groups is 1. The van der Waals surface area contributed by atoms with E-state index in [1.54, 1.807) is 0 Å². The summed E-state index contributed by atoms with van der Waals surface area (Å²) >= 11 is 0. The maximum absolute atomic E-state index is 4.77. The molecular formula is C21H24N2. The number of benzene rings is 2. The third-order valence-corrected chi connectivity index (χ3v) is 5.02. The van der Waals surface area contributed by atoms with Crippen LogP contribution in [0.1, 0.15) is 54.0 Å². The van der Waals surface area contributed by atoms with E-state index >= 15 is 0 Å². The summed E-state index contributed by atoms with van der Waals surface area (Å²) in [6.45, 7) is 5.31. The molecule has 2 aromatic rings. The predicted molar refractivity (Wildman–Crippen MR) is 97.1 cm³/mol. The van der Waals surface area contributed by atoms with Gasteiger partial charge in [0.2, 0.25) is 0 Å². The van der Waals surface area contributed by atoms with Gasteiger partial charge in [-0.1, -0.05) is 53.9 Å². The first-order chi connectivity index (χ1) is 11.2. The molecule has 23 heavy (non-hydrogen) atoms. The lowest BCUT2D eigenvalue weighted by Gasteiger charge is -2.18. The summed E-state index contributed by atoms with van der Waals surface area (Å²) in [5, 5.41) is 3.76. The van der Waals surface area contributed by atoms with E-state index in [4.69, 9.17) is 4.99 Å². The van der Waals surface area contributed by atoms with Gasteiger partial charge in [-0.15, -0.1) is 0 Å². The Bertz CT molecular complexity index is 722. The molecule has 0 radical (unpaired) electrons. The molecule has 2 aliphatic rings. The molecule has 1 heterocycles. The fraction of sp³-hybridized carbons (Fsp3) is 0.381. The Kier molecular flexibility index (Phi) is 3.68. The van der Waals surface area contributed by atoms with Gasteiger partial charge in [0.05, 0.1) is 11.9 Å². The van der Waals surface area contributed by atoms with E-state index in [1.165, 1.54) is 58.5 Å². The van der Waals surface area contributed by atoms with Crippen molar-refractivity contribution in [2.45, 2.75) is 45.6 Å². The number of nitrogens with zero attached hydrogens (tertiary/aromatic N) is 1. The van der Waals surface area contributed by atoms with Crippen LogP contribution in [0.2, 0.25) is 0 Å². The van der Waals surface area contributed by atoms with Gasteiger partial charge in [0.1, 0.15) is 0 Å². The number of aryl methyl sites for hydroxylation is 2. The Morgan fingerprint density at radius 3 is 2.17 bits per heavy atom. The fourth-order valence-electron chi connectivity index (χ4n) is 3.79. The number of aliphatic imine (C=N–C) groups is 1. The molecule has 1 aliphatic heterocycles. The third-order valence-electron chi connectivity index (χ3n) is 5.02. The highest BCUT2D eigenvalue weighted by atomic mass is 15.0. The summed E-state index contributed by atoms with van der Waals surface area (Å²) in [5.74, 6) is 1.19. The number of nitrogens with one attached hydrogen (secondary N) is 1. The highest BCUT2D eigenvalue weighted by Crippen LogP contribution is 2.44. The maximum atomic E-state index is 4.77. The van der Waals surface area contributed by atoms with Crippen molar-refractivity contribution in [1.82, 2.24) is 5.32 Å². The van der Waals surface area contributed by atoms with Gasteiger partial charge >= 0.3 is 0 Å². The average Bonchev–Trinajstić information content (AvgIpc) is 2.70. The second-order valence-electron chi connectivity index (χ2n) is 6.90. The molecule has 0 amide bonds. The number of rotatable bonds is 1. The Morgan fingerprint density at radius 2 is 1.52 bits per heavy atom. The monoisotopic (exact) mass is 304 g/mol. The van der Waals surface area contributed by atoms with Crippen LogP contribution in [0.25, 0.3) is 11.1 Å². The van der Waals surface area contributed by atoms with E-state index in [0.717, 1.165) is 13.0 Å². The minimum atomic E-state index is 0.248. The van der Waals surface area contributed by atoms with Crippen LogP contribution >= 0.6 is 0 Å². The minimum absolute atomic E-state index is 0.248. The molecule has 0 saturated carbocycles. The van der Waals surface area contributed by atoms with Crippen LogP contribution in [-0.2, 0) is 0 Å². The molecule has 0 unspecified atom stereocenters. The van der Waals surface area contributed by atoms with Crippen LogP contribution in [-0.4, -0.2) is 12.4 Å². The predicted octanol–water partition coefficient (Wildman–Crippen LogP) is 4.94. The number of fused-ring (bicyclic) bond motifs is 3. The Balaban J connectivity index is 1.77. The summed E-state index contributed by atoms with van der Waals surface area (Å²) in [6.07, 6.45) is 4.85. The van der Waals surface area contributed by atoms with Crippen molar-refractivity contribution < 1.29 is 0 Å². The third kappa shape index (κ3) is 2.67. The van der Waals surface area contributed by atoms with Crippen LogP contribution < -0.4 is 5.32 Å². The zero-order chi connectivity index (χ0) is 15.8. The van der Waals surface area contributed by atoms with Crippen molar-refractivity contribution in [3.05, 3.63) is 58.7 Å². The molecule has 0 spiro atoms. The van der Waals surface area contributed by atoms with Crippen LogP contribution in [0.3, 0.4) is 0 Å². The normalized spacial score (nSPS) is 17.2. The smallest absolute Gasteiger partial charge is 0.0970 e. The lowest BCUT2D eigenvalue weighted by atomic mass is 10.0. The second kappa shape index (κ2) is 5.84. The highest BCUT2D eigenvalue weighted by Gasteiger charge is 2.29. The Hall–Kier alpha value is -2.09. The minimum Gasteiger partial charge on any atom is -0.363 e. The lowest BCUT2D eigenvalue weighted by molar-refractivity contribution is 0.721. The zero-order valence-corrected chi connectivity index (χ0v) is 14.0. The summed E-state index contributed by atoms with van der Waals surface area (Å²) in [6, 6.07) is 13.9.